The smallest absolute Gasteiger partial charge is 0.311 e. The van der Waals surface area contributed by atoms with Crippen LogP contribution in [0, 0.1) is 5.82 Å². The van der Waals surface area contributed by atoms with Crippen LogP contribution < -0.4 is 10.3 Å². The second-order valence-electron chi connectivity index (χ2n) is 2.90. The van der Waals surface area contributed by atoms with Gasteiger partial charge < -0.3 is 9.72 Å². The van der Waals surface area contributed by atoms with Crippen LogP contribution in [-0.4, -0.2) is 9.97 Å². The standard InChI is InChI=1S/C10H6BrFN2O2/c11-7-2-1-6(12)5-8(7)16-10-9(15)13-3-4-14-10/h1-5H,(H,13,15). The highest BCUT2D eigenvalue weighted by atomic mass is 79.9. The summed E-state index contributed by atoms with van der Waals surface area (Å²) in [7, 11) is 0. The molecule has 4 nitrogen and oxygen atoms in total. The Morgan fingerprint density at radius 3 is 3.00 bits per heavy atom. The molecule has 0 spiro atoms. The van der Waals surface area contributed by atoms with Crippen molar-refractivity contribution in [1.29, 1.82) is 0 Å². The van der Waals surface area contributed by atoms with E-state index in [1.54, 1.807) is 0 Å². The zero-order chi connectivity index (χ0) is 11.5. The monoisotopic (exact) mass is 284 g/mol. The number of aromatic amines is 1. The average Bonchev–Trinajstić information content (AvgIpc) is 2.27. The van der Waals surface area contributed by atoms with Crippen LogP contribution in [0.2, 0.25) is 0 Å². The molecule has 16 heavy (non-hydrogen) atoms. The Morgan fingerprint density at radius 2 is 2.25 bits per heavy atom. The minimum atomic E-state index is -0.473. The summed E-state index contributed by atoms with van der Waals surface area (Å²) in [6, 6.07) is 3.93. The van der Waals surface area contributed by atoms with Crippen molar-refractivity contribution in [2.24, 2.45) is 0 Å². The fourth-order valence-electron chi connectivity index (χ4n) is 1.07. The summed E-state index contributed by atoms with van der Waals surface area (Å²) in [5.41, 5.74) is -0.473. The topological polar surface area (TPSA) is 55.0 Å². The summed E-state index contributed by atoms with van der Waals surface area (Å²) in [6.07, 6.45) is 2.76. The fourth-order valence-corrected chi connectivity index (χ4v) is 1.40. The van der Waals surface area contributed by atoms with E-state index in [1.165, 1.54) is 24.5 Å². The summed E-state index contributed by atoms with van der Waals surface area (Å²) < 4.78 is 18.7. The Morgan fingerprint density at radius 1 is 1.44 bits per heavy atom. The number of hydrogen-bond donors (Lipinski definition) is 1. The third kappa shape index (κ3) is 2.27. The van der Waals surface area contributed by atoms with Gasteiger partial charge in [0.2, 0.25) is 0 Å². The van der Waals surface area contributed by atoms with Crippen molar-refractivity contribution in [2.75, 3.05) is 0 Å². The number of aromatic nitrogens is 2. The Balaban J connectivity index is 2.38. The summed E-state index contributed by atoms with van der Waals surface area (Å²) in [5.74, 6) is -0.386. The largest absolute Gasteiger partial charge is 0.433 e. The van der Waals surface area contributed by atoms with E-state index >= 15 is 0 Å². The number of benzene rings is 1. The van der Waals surface area contributed by atoms with Crippen LogP contribution in [0.1, 0.15) is 0 Å². The molecule has 0 bridgehead atoms. The number of H-pyrrole nitrogens is 1. The van der Waals surface area contributed by atoms with Gasteiger partial charge in [-0.05, 0) is 28.1 Å². The first-order chi connectivity index (χ1) is 7.66. The first-order valence-electron chi connectivity index (χ1n) is 4.33. The van der Waals surface area contributed by atoms with Crippen molar-refractivity contribution >= 4 is 15.9 Å². The maximum Gasteiger partial charge on any atom is 0.311 e. The molecular formula is C10H6BrFN2O2. The Hall–Kier alpha value is -1.69. The van der Waals surface area contributed by atoms with Crippen molar-refractivity contribution in [1.82, 2.24) is 9.97 Å². The lowest BCUT2D eigenvalue weighted by molar-refractivity contribution is 0.447. The number of nitrogens with zero attached hydrogens (tertiary/aromatic N) is 1. The SMILES string of the molecule is O=c1[nH]ccnc1Oc1cc(F)ccc1Br. The van der Waals surface area contributed by atoms with Gasteiger partial charge in [0.05, 0.1) is 4.47 Å². The van der Waals surface area contributed by atoms with Gasteiger partial charge in [-0.1, -0.05) is 0 Å². The number of hydrogen-bond acceptors (Lipinski definition) is 3. The molecule has 0 saturated carbocycles. The van der Waals surface area contributed by atoms with Gasteiger partial charge in [-0.2, -0.15) is 0 Å². The Kier molecular flexibility index (Phi) is 3.00. The van der Waals surface area contributed by atoms with Gasteiger partial charge >= 0.3 is 5.56 Å². The van der Waals surface area contributed by atoms with Crippen molar-refractivity contribution in [2.45, 2.75) is 0 Å². The first-order valence-corrected chi connectivity index (χ1v) is 5.13. The summed E-state index contributed by atoms with van der Waals surface area (Å²) >= 11 is 3.18. The van der Waals surface area contributed by atoms with E-state index in [9.17, 15) is 9.18 Å². The highest BCUT2D eigenvalue weighted by Gasteiger charge is 2.07. The highest BCUT2D eigenvalue weighted by molar-refractivity contribution is 9.10. The van der Waals surface area contributed by atoms with Crippen LogP contribution in [-0.2, 0) is 0 Å². The van der Waals surface area contributed by atoms with Crippen LogP contribution in [0.4, 0.5) is 4.39 Å². The molecule has 0 saturated heterocycles. The van der Waals surface area contributed by atoms with Crippen molar-refractivity contribution in [3.63, 3.8) is 0 Å². The van der Waals surface area contributed by atoms with Gasteiger partial charge in [0.25, 0.3) is 5.88 Å². The van der Waals surface area contributed by atoms with Gasteiger partial charge in [0, 0.05) is 18.5 Å². The number of ether oxygens (including phenoxy) is 1. The van der Waals surface area contributed by atoms with Crippen molar-refractivity contribution in [3.05, 3.63) is 51.2 Å². The number of nitrogens with one attached hydrogen (secondary N) is 1. The minimum Gasteiger partial charge on any atom is -0.433 e. The van der Waals surface area contributed by atoms with Crippen molar-refractivity contribution < 1.29 is 9.13 Å². The molecule has 82 valence electrons. The van der Waals surface area contributed by atoms with E-state index in [4.69, 9.17) is 4.74 Å². The first kappa shape index (κ1) is 10.8. The van der Waals surface area contributed by atoms with E-state index in [2.05, 4.69) is 25.9 Å². The Labute approximate surface area is 98.2 Å². The normalized spacial score (nSPS) is 10.1. The van der Waals surface area contributed by atoms with E-state index in [-0.39, 0.29) is 11.6 Å². The van der Waals surface area contributed by atoms with Gasteiger partial charge in [-0.3, -0.25) is 4.79 Å². The lowest BCUT2D eigenvalue weighted by Crippen LogP contribution is -2.09. The van der Waals surface area contributed by atoms with E-state index in [0.717, 1.165) is 6.07 Å². The van der Waals surface area contributed by atoms with Gasteiger partial charge in [-0.25, -0.2) is 9.37 Å². The highest BCUT2D eigenvalue weighted by Crippen LogP contribution is 2.27. The maximum atomic E-state index is 12.9. The molecule has 0 unspecified atom stereocenters. The third-order valence-electron chi connectivity index (χ3n) is 1.77. The van der Waals surface area contributed by atoms with Crippen LogP contribution in [0.5, 0.6) is 11.6 Å². The lowest BCUT2D eigenvalue weighted by Gasteiger charge is -2.05. The molecule has 2 aromatic rings. The summed E-state index contributed by atoms with van der Waals surface area (Å²) in [6.45, 7) is 0. The quantitative estimate of drug-likeness (QED) is 0.922. The molecule has 1 heterocycles. The molecular weight excluding hydrogens is 279 g/mol. The fraction of sp³-hybridized carbons (Fsp3) is 0. The molecule has 6 heteroatoms. The second-order valence-corrected chi connectivity index (χ2v) is 3.75. The molecule has 1 aromatic carbocycles. The number of rotatable bonds is 2. The number of halogens is 2. The van der Waals surface area contributed by atoms with Crippen LogP contribution in [0.25, 0.3) is 0 Å². The van der Waals surface area contributed by atoms with Gasteiger partial charge in [0.1, 0.15) is 11.6 Å². The second kappa shape index (κ2) is 4.44. The molecule has 0 aliphatic heterocycles. The molecule has 1 aromatic heterocycles. The molecule has 1 N–H and O–H groups in total. The predicted octanol–water partition coefficient (Wildman–Crippen LogP) is 2.46. The Bertz CT molecular complexity index is 571. The van der Waals surface area contributed by atoms with Crippen LogP contribution in [0.15, 0.2) is 39.9 Å². The third-order valence-corrected chi connectivity index (χ3v) is 2.43. The van der Waals surface area contributed by atoms with E-state index < -0.39 is 11.4 Å². The van der Waals surface area contributed by atoms with Gasteiger partial charge in [-0.15, -0.1) is 0 Å². The summed E-state index contributed by atoms with van der Waals surface area (Å²) in [5, 5.41) is 0. The van der Waals surface area contributed by atoms with E-state index in [0.29, 0.717) is 4.47 Å². The van der Waals surface area contributed by atoms with Crippen molar-refractivity contribution in [3.8, 4) is 11.6 Å². The molecule has 0 amide bonds. The lowest BCUT2D eigenvalue weighted by atomic mass is 10.3. The summed E-state index contributed by atoms with van der Waals surface area (Å²) in [4.78, 5) is 17.4. The van der Waals surface area contributed by atoms with Crippen LogP contribution >= 0.6 is 15.9 Å². The van der Waals surface area contributed by atoms with Crippen LogP contribution in [0.3, 0.4) is 0 Å². The van der Waals surface area contributed by atoms with Gasteiger partial charge in [0.15, 0.2) is 0 Å². The zero-order valence-corrected chi connectivity index (χ0v) is 9.49. The minimum absolute atomic E-state index is 0.131. The van der Waals surface area contributed by atoms with E-state index in [1.807, 2.05) is 0 Å². The molecule has 0 aliphatic carbocycles. The molecule has 0 atom stereocenters. The molecule has 0 radical (unpaired) electrons. The predicted molar refractivity (Wildman–Crippen MR) is 59.0 cm³/mol. The molecule has 2 rings (SSSR count). The molecule has 0 fully saturated rings. The molecule has 0 aliphatic rings. The maximum absolute atomic E-state index is 12.9. The zero-order valence-electron chi connectivity index (χ0n) is 7.91. The average molecular weight is 285 g/mol.